The number of hydrogen-bond acceptors (Lipinski definition) is 7. The number of nitrogens with one attached hydrogen (secondary N) is 2. The molecule has 0 fully saturated rings. The van der Waals surface area contributed by atoms with E-state index in [0.29, 0.717) is 34.4 Å². The smallest absolute Gasteiger partial charge is 0.338 e. The zero-order valence-corrected chi connectivity index (χ0v) is 33.1. The molecule has 6 aromatic carbocycles. The first-order valence-corrected chi connectivity index (χ1v) is 18.6. The van der Waals surface area contributed by atoms with Gasteiger partial charge in [-0.15, -0.1) is 0 Å². The summed E-state index contributed by atoms with van der Waals surface area (Å²) in [6.45, 7) is 4.12. The van der Waals surface area contributed by atoms with E-state index in [1.165, 1.54) is 24.3 Å². The van der Waals surface area contributed by atoms with E-state index < -0.39 is 17.8 Å². The van der Waals surface area contributed by atoms with Gasteiger partial charge in [0, 0.05) is 21.7 Å². The van der Waals surface area contributed by atoms with E-state index in [1.807, 2.05) is 48.5 Å². The Balaban J connectivity index is 1.02. The fraction of sp³-hybridized carbons (Fsp3) is 0.0930. The van der Waals surface area contributed by atoms with Gasteiger partial charge in [-0.3, -0.25) is 15.1 Å². The molecule has 290 valence electrons. The van der Waals surface area contributed by atoms with E-state index in [1.54, 1.807) is 48.5 Å². The molecule has 1 amide bonds. The van der Waals surface area contributed by atoms with Crippen molar-refractivity contribution in [3.63, 3.8) is 0 Å². The van der Waals surface area contributed by atoms with Gasteiger partial charge >= 0.3 is 11.9 Å². The maximum atomic E-state index is 12.9. The van der Waals surface area contributed by atoms with Crippen molar-refractivity contribution in [3.8, 4) is 23.0 Å². The molecular formula is C43H32Cl4N2O8. The number of benzene rings is 6. The first-order valence-electron chi connectivity index (χ1n) is 17.1. The van der Waals surface area contributed by atoms with Crippen LogP contribution < -0.4 is 20.3 Å². The lowest BCUT2D eigenvalue weighted by Gasteiger charge is -2.26. The molecule has 0 bridgehead atoms. The lowest BCUT2D eigenvalue weighted by molar-refractivity contribution is 0.0682. The zero-order chi connectivity index (χ0) is 40.9. The minimum Gasteiger partial charge on any atom is -0.478 e. The van der Waals surface area contributed by atoms with Crippen molar-refractivity contribution in [3.05, 3.63) is 175 Å². The van der Waals surface area contributed by atoms with Crippen molar-refractivity contribution in [1.29, 1.82) is 0 Å². The predicted octanol–water partition coefficient (Wildman–Crippen LogP) is 12.4. The van der Waals surface area contributed by atoms with Gasteiger partial charge in [-0.05, 0) is 108 Å². The highest BCUT2D eigenvalue weighted by molar-refractivity contribution is 6.39. The summed E-state index contributed by atoms with van der Waals surface area (Å²) in [6.07, 6.45) is 0. The van der Waals surface area contributed by atoms with Gasteiger partial charge in [0.1, 0.15) is 29.6 Å². The van der Waals surface area contributed by atoms with E-state index in [9.17, 15) is 24.6 Å². The van der Waals surface area contributed by atoms with Crippen LogP contribution >= 0.6 is 46.4 Å². The fourth-order valence-electron chi connectivity index (χ4n) is 5.85. The maximum absolute atomic E-state index is 12.9. The van der Waals surface area contributed by atoms with Crippen LogP contribution in [0.15, 0.2) is 121 Å². The number of anilines is 2. The molecule has 6 aromatic rings. The summed E-state index contributed by atoms with van der Waals surface area (Å²) in [4.78, 5) is 41.8. The van der Waals surface area contributed by atoms with Crippen molar-refractivity contribution in [2.24, 2.45) is 0 Å². The number of ether oxygens (including phenoxy) is 2. The van der Waals surface area contributed by atoms with Crippen LogP contribution in [0.2, 0.25) is 20.1 Å². The molecule has 0 aliphatic carbocycles. The van der Waals surface area contributed by atoms with E-state index in [4.69, 9.17) is 60.7 Å². The molecule has 14 heteroatoms. The van der Waals surface area contributed by atoms with E-state index in [0.717, 1.165) is 11.1 Å². The number of carbonyl (C=O) groups excluding carboxylic acids is 1. The van der Waals surface area contributed by atoms with Gasteiger partial charge in [-0.25, -0.2) is 9.59 Å². The molecule has 57 heavy (non-hydrogen) atoms. The van der Waals surface area contributed by atoms with Crippen molar-refractivity contribution in [2.75, 3.05) is 10.8 Å². The van der Waals surface area contributed by atoms with Crippen LogP contribution in [0.25, 0.3) is 0 Å². The number of rotatable bonds is 14. The predicted molar refractivity (Wildman–Crippen MR) is 221 cm³/mol. The Morgan fingerprint density at radius 3 is 1.37 bits per heavy atom. The lowest BCUT2D eigenvalue weighted by Crippen LogP contribution is -2.18. The second kappa shape index (κ2) is 17.6. The first-order chi connectivity index (χ1) is 27.2. The van der Waals surface area contributed by atoms with Gasteiger partial charge in [0.05, 0.1) is 37.4 Å². The molecule has 0 unspecified atom stereocenters. The van der Waals surface area contributed by atoms with Gasteiger partial charge in [0.25, 0.3) is 5.91 Å². The Bertz CT molecular complexity index is 2440. The third-order valence-electron chi connectivity index (χ3n) is 8.96. The van der Waals surface area contributed by atoms with E-state index in [-0.39, 0.29) is 54.4 Å². The average Bonchev–Trinajstić information content (AvgIpc) is 3.18. The second-order valence-corrected chi connectivity index (χ2v) is 14.7. The molecule has 0 heterocycles. The van der Waals surface area contributed by atoms with Crippen molar-refractivity contribution < 1.29 is 38.9 Å². The van der Waals surface area contributed by atoms with Crippen LogP contribution in [0.4, 0.5) is 11.4 Å². The molecule has 0 atom stereocenters. The van der Waals surface area contributed by atoms with Crippen LogP contribution in [0.1, 0.15) is 61.6 Å². The third-order valence-corrected chi connectivity index (χ3v) is 10.3. The quantitative estimate of drug-likeness (QED) is 0.0788. The third kappa shape index (κ3) is 9.62. The number of carboxylic acid groups (broad SMARTS) is 2. The second-order valence-electron chi connectivity index (χ2n) is 13.0. The Kier molecular flexibility index (Phi) is 12.6. The van der Waals surface area contributed by atoms with Crippen LogP contribution in [-0.2, 0) is 16.9 Å². The number of halogens is 4. The highest BCUT2D eigenvalue weighted by atomic mass is 35.5. The zero-order valence-electron chi connectivity index (χ0n) is 30.1. The van der Waals surface area contributed by atoms with Crippen molar-refractivity contribution >= 4 is 75.6 Å². The Hall–Kier alpha value is -5.75. The van der Waals surface area contributed by atoms with Gasteiger partial charge in [-0.2, -0.15) is 0 Å². The molecule has 0 saturated carbocycles. The molecule has 0 aromatic heterocycles. The summed E-state index contributed by atoms with van der Waals surface area (Å²) in [7, 11) is 0. The Labute approximate surface area is 347 Å². The normalized spacial score (nSPS) is 11.1. The van der Waals surface area contributed by atoms with Gasteiger partial charge in [0.15, 0.2) is 0 Å². The molecule has 0 saturated heterocycles. The molecular weight excluding hydrogens is 814 g/mol. The Morgan fingerprint density at radius 1 is 0.526 bits per heavy atom. The number of amides is 1. The molecule has 4 N–H and O–H groups in total. The monoisotopic (exact) mass is 844 g/mol. The first kappa shape index (κ1) is 40.9. The maximum Gasteiger partial charge on any atom is 0.338 e. The summed E-state index contributed by atoms with van der Waals surface area (Å²) in [6, 6.07) is 34.9. The van der Waals surface area contributed by atoms with Crippen LogP contribution in [0, 0.1) is 0 Å². The minimum atomic E-state index is -1.36. The van der Waals surface area contributed by atoms with E-state index >= 15 is 0 Å². The molecule has 6 rings (SSSR count). The van der Waals surface area contributed by atoms with Gasteiger partial charge in [-0.1, -0.05) is 84.5 Å². The summed E-state index contributed by atoms with van der Waals surface area (Å²) in [5.41, 5.74) is 5.12. The van der Waals surface area contributed by atoms with Crippen LogP contribution in [-0.4, -0.2) is 28.1 Å². The van der Waals surface area contributed by atoms with Crippen LogP contribution in [0.5, 0.6) is 23.0 Å². The average molecular weight is 847 g/mol. The SMILES string of the molecule is CC(C)(c1ccc(Oc2ccc(NOCc3c(Cl)ccc(Cl)c3C(=O)O)cc2)cc1)c1ccc(Oc2ccc(NC(=O)c3c(Cl)ccc(Cl)c3C(=O)O)cc2)cc1. The fourth-order valence-corrected chi connectivity index (χ4v) is 6.80. The molecule has 10 nitrogen and oxygen atoms in total. The Morgan fingerprint density at radius 2 is 0.912 bits per heavy atom. The topological polar surface area (TPSA) is 143 Å². The molecule has 0 aliphatic heterocycles. The molecule has 0 radical (unpaired) electrons. The number of aromatic carboxylic acids is 2. The highest BCUT2D eigenvalue weighted by Gasteiger charge is 2.25. The summed E-state index contributed by atoms with van der Waals surface area (Å²) in [5.74, 6) is -0.885. The van der Waals surface area contributed by atoms with Gasteiger partial charge in [0.2, 0.25) is 0 Å². The summed E-state index contributed by atoms with van der Waals surface area (Å²) in [5, 5.41) is 21.9. The highest BCUT2D eigenvalue weighted by Crippen LogP contribution is 2.36. The number of carboxylic acids is 2. The molecule has 0 aliphatic rings. The number of hydrogen-bond donors (Lipinski definition) is 4. The minimum absolute atomic E-state index is 0.0346. The molecule has 0 spiro atoms. The summed E-state index contributed by atoms with van der Waals surface area (Å²) < 4.78 is 12.1. The summed E-state index contributed by atoms with van der Waals surface area (Å²) >= 11 is 24.4. The van der Waals surface area contributed by atoms with E-state index in [2.05, 4.69) is 24.6 Å². The van der Waals surface area contributed by atoms with Crippen molar-refractivity contribution in [2.45, 2.75) is 25.9 Å². The van der Waals surface area contributed by atoms with Crippen molar-refractivity contribution in [1.82, 2.24) is 0 Å². The van der Waals surface area contributed by atoms with Gasteiger partial charge < -0.3 is 25.0 Å². The largest absolute Gasteiger partial charge is 0.478 e. The lowest BCUT2D eigenvalue weighted by atomic mass is 9.78. The number of carbonyl (C=O) groups is 3. The standard InChI is InChI=1S/C43H32Cl4N2O8/c1-43(2,24-3-11-28(12-4-24)56-30-15-7-26(8-16-30)48-40(50)38-35(46)21-22-36(47)39(38)42(53)54)25-5-13-29(14-6-25)57-31-17-9-27(10-18-31)49-55-23-32-33(44)19-20-34(45)37(32)41(51)52/h3-22,49H,23H2,1-2H3,(H,48,50)(H,51,52)(H,53,54). The van der Waals surface area contributed by atoms with Crippen LogP contribution in [0.3, 0.4) is 0 Å².